The van der Waals surface area contributed by atoms with Crippen molar-refractivity contribution in [2.75, 3.05) is 39.4 Å². The Morgan fingerprint density at radius 1 is 1.39 bits per heavy atom. The van der Waals surface area contributed by atoms with Gasteiger partial charge in [-0.3, -0.25) is 14.6 Å². The van der Waals surface area contributed by atoms with E-state index < -0.39 is 11.9 Å². The SMILES string of the molecule is CCOCCN1CCN([C@@H](C(N)=O)c2ccc(F)cc2)C[C@H]1C. The van der Waals surface area contributed by atoms with E-state index >= 15 is 0 Å². The van der Waals surface area contributed by atoms with Gasteiger partial charge in [-0.2, -0.15) is 0 Å². The van der Waals surface area contributed by atoms with Gasteiger partial charge in [0.2, 0.25) is 5.91 Å². The van der Waals surface area contributed by atoms with Crippen LogP contribution in [0.25, 0.3) is 0 Å². The fourth-order valence-corrected chi connectivity index (χ4v) is 3.12. The van der Waals surface area contributed by atoms with Gasteiger partial charge < -0.3 is 10.5 Å². The first-order valence-electron chi connectivity index (χ1n) is 8.13. The lowest BCUT2D eigenvalue weighted by atomic mass is 10.0. The molecule has 0 aromatic heterocycles. The largest absolute Gasteiger partial charge is 0.380 e. The third-order valence-corrected chi connectivity index (χ3v) is 4.34. The minimum absolute atomic E-state index is 0.312. The smallest absolute Gasteiger partial charge is 0.239 e. The van der Waals surface area contributed by atoms with Crippen LogP contribution in [0.5, 0.6) is 0 Å². The van der Waals surface area contributed by atoms with Crippen LogP contribution in [0.1, 0.15) is 25.5 Å². The highest BCUT2D eigenvalue weighted by Gasteiger charge is 2.32. The molecule has 0 aliphatic carbocycles. The molecule has 23 heavy (non-hydrogen) atoms. The highest BCUT2D eigenvalue weighted by atomic mass is 19.1. The van der Waals surface area contributed by atoms with Gasteiger partial charge in [0.1, 0.15) is 11.9 Å². The molecule has 128 valence electrons. The summed E-state index contributed by atoms with van der Waals surface area (Å²) in [5.74, 6) is -0.711. The monoisotopic (exact) mass is 323 g/mol. The molecule has 2 atom stereocenters. The Morgan fingerprint density at radius 2 is 2.09 bits per heavy atom. The molecule has 0 radical (unpaired) electrons. The predicted octanol–water partition coefficient (Wildman–Crippen LogP) is 1.39. The zero-order chi connectivity index (χ0) is 16.8. The van der Waals surface area contributed by atoms with Crippen molar-refractivity contribution >= 4 is 5.91 Å². The molecule has 1 heterocycles. The van der Waals surface area contributed by atoms with Gasteiger partial charge in [-0.05, 0) is 31.5 Å². The number of amides is 1. The Kier molecular flexibility index (Phi) is 6.50. The number of piperazine rings is 1. The predicted molar refractivity (Wildman–Crippen MR) is 87.4 cm³/mol. The molecule has 0 unspecified atom stereocenters. The number of nitrogens with zero attached hydrogens (tertiary/aromatic N) is 2. The number of ether oxygens (including phenoxy) is 1. The van der Waals surface area contributed by atoms with Crippen molar-refractivity contribution in [1.29, 1.82) is 0 Å². The van der Waals surface area contributed by atoms with Crippen LogP contribution in [-0.4, -0.2) is 61.1 Å². The lowest BCUT2D eigenvalue weighted by molar-refractivity contribution is -0.124. The number of hydrogen-bond donors (Lipinski definition) is 1. The Morgan fingerprint density at radius 3 is 2.65 bits per heavy atom. The number of carbonyl (C=O) groups excluding carboxylic acids is 1. The summed E-state index contributed by atoms with van der Waals surface area (Å²) < 4.78 is 18.5. The van der Waals surface area contributed by atoms with Crippen molar-refractivity contribution in [3.05, 3.63) is 35.6 Å². The van der Waals surface area contributed by atoms with Crippen molar-refractivity contribution in [2.24, 2.45) is 5.73 Å². The number of nitrogens with two attached hydrogens (primary N) is 1. The number of benzene rings is 1. The van der Waals surface area contributed by atoms with Gasteiger partial charge in [0.05, 0.1) is 6.61 Å². The molecule has 1 aliphatic heterocycles. The van der Waals surface area contributed by atoms with Crippen LogP contribution in [0.2, 0.25) is 0 Å². The summed E-state index contributed by atoms with van der Waals surface area (Å²) in [6.07, 6.45) is 0. The Bertz CT molecular complexity index is 509. The quantitative estimate of drug-likeness (QED) is 0.771. The molecule has 1 aromatic rings. The van der Waals surface area contributed by atoms with E-state index in [0.717, 1.165) is 45.0 Å². The highest BCUT2D eigenvalue weighted by Crippen LogP contribution is 2.24. The minimum atomic E-state index is -0.507. The van der Waals surface area contributed by atoms with Crippen LogP contribution in [0.4, 0.5) is 4.39 Å². The topological polar surface area (TPSA) is 58.8 Å². The normalized spacial score (nSPS) is 21.3. The average molecular weight is 323 g/mol. The number of rotatable bonds is 7. The van der Waals surface area contributed by atoms with Crippen LogP contribution in [-0.2, 0) is 9.53 Å². The Balaban J connectivity index is 2.02. The molecule has 0 bridgehead atoms. The first-order chi connectivity index (χ1) is 11.0. The molecule has 0 spiro atoms. The van der Waals surface area contributed by atoms with E-state index in [1.807, 2.05) is 6.92 Å². The van der Waals surface area contributed by atoms with Gasteiger partial charge in [0.15, 0.2) is 0 Å². The fraction of sp³-hybridized carbons (Fsp3) is 0.588. The first kappa shape index (κ1) is 17.8. The summed E-state index contributed by atoms with van der Waals surface area (Å²) in [5.41, 5.74) is 6.35. The summed E-state index contributed by atoms with van der Waals surface area (Å²) >= 11 is 0. The molecule has 1 fully saturated rings. The Labute approximate surface area is 137 Å². The lowest BCUT2D eigenvalue weighted by Gasteiger charge is -2.42. The van der Waals surface area contributed by atoms with Gasteiger partial charge in [-0.15, -0.1) is 0 Å². The molecular weight excluding hydrogens is 297 g/mol. The number of carbonyl (C=O) groups is 1. The van der Waals surface area contributed by atoms with Crippen LogP contribution >= 0.6 is 0 Å². The van der Waals surface area contributed by atoms with Gasteiger partial charge in [-0.25, -0.2) is 4.39 Å². The lowest BCUT2D eigenvalue weighted by Crippen LogP contribution is -2.55. The fourth-order valence-electron chi connectivity index (χ4n) is 3.12. The van der Waals surface area contributed by atoms with E-state index in [1.54, 1.807) is 12.1 Å². The molecule has 1 saturated heterocycles. The van der Waals surface area contributed by atoms with Crippen molar-refractivity contribution in [1.82, 2.24) is 9.80 Å². The molecule has 5 nitrogen and oxygen atoms in total. The second-order valence-electron chi connectivity index (χ2n) is 5.93. The van der Waals surface area contributed by atoms with Crippen molar-refractivity contribution in [3.8, 4) is 0 Å². The summed E-state index contributed by atoms with van der Waals surface area (Å²) in [7, 11) is 0. The third kappa shape index (κ3) is 4.73. The molecular formula is C17H26FN3O2. The van der Waals surface area contributed by atoms with Crippen molar-refractivity contribution in [3.63, 3.8) is 0 Å². The molecule has 1 amide bonds. The van der Waals surface area contributed by atoms with Crippen LogP contribution in [0.3, 0.4) is 0 Å². The van der Waals surface area contributed by atoms with Crippen LogP contribution < -0.4 is 5.73 Å². The maximum absolute atomic E-state index is 13.1. The third-order valence-electron chi connectivity index (χ3n) is 4.34. The summed E-state index contributed by atoms with van der Waals surface area (Å²) in [4.78, 5) is 16.4. The van der Waals surface area contributed by atoms with Gasteiger partial charge >= 0.3 is 0 Å². The summed E-state index contributed by atoms with van der Waals surface area (Å²) in [5, 5.41) is 0. The van der Waals surface area contributed by atoms with E-state index in [-0.39, 0.29) is 5.82 Å². The van der Waals surface area contributed by atoms with Gasteiger partial charge in [-0.1, -0.05) is 12.1 Å². The number of halogens is 1. The molecule has 1 aromatic carbocycles. The molecule has 2 N–H and O–H groups in total. The molecule has 1 aliphatic rings. The number of primary amides is 1. The minimum Gasteiger partial charge on any atom is -0.380 e. The second kappa shape index (κ2) is 8.38. The van der Waals surface area contributed by atoms with Gasteiger partial charge in [0.25, 0.3) is 0 Å². The molecule has 0 saturated carbocycles. The molecule has 2 rings (SSSR count). The Hall–Kier alpha value is -1.50. The van der Waals surface area contributed by atoms with Crippen molar-refractivity contribution < 1.29 is 13.9 Å². The first-order valence-corrected chi connectivity index (χ1v) is 8.13. The maximum Gasteiger partial charge on any atom is 0.239 e. The van der Waals surface area contributed by atoms with Crippen LogP contribution in [0, 0.1) is 5.82 Å². The summed E-state index contributed by atoms with van der Waals surface area (Å²) in [6.45, 7) is 8.82. The van der Waals surface area contributed by atoms with Crippen LogP contribution in [0.15, 0.2) is 24.3 Å². The summed E-state index contributed by atoms with van der Waals surface area (Å²) in [6, 6.07) is 5.81. The average Bonchev–Trinajstić information content (AvgIpc) is 2.51. The number of hydrogen-bond acceptors (Lipinski definition) is 4. The van der Waals surface area contributed by atoms with Gasteiger partial charge in [0, 0.05) is 38.8 Å². The zero-order valence-electron chi connectivity index (χ0n) is 13.9. The zero-order valence-corrected chi connectivity index (χ0v) is 13.9. The van der Waals surface area contributed by atoms with E-state index in [1.165, 1.54) is 12.1 Å². The standard InChI is InChI=1S/C17H26FN3O2/c1-3-23-11-10-20-8-9-21(12-13(20)2)16(17(19)22)14-4-6-15(18)7-5-14/h4-7,13,16H,3,8-12H2,1-2H3,(H2,19,22)/t13-,16-/m1/s1. The highest BCUT2D eigenvalue weighted by molar-refractivity contribution is 5.81. The second-order valence-corrected chi connectivity index (χ2v) is 5.93. The van der Waals surface area contributed by atoms with E-state index in [4.69, 9.17) is 10.5 Å². The molecule has 6 heteroatoms. The maximum atomic E-state index is 13.1. The van der Waals surface area contributed by atoms with E-state index in [0.29, 0.717) is 6.04 Å². The van der Waals surface area contributed by atoms with E-state index in [9.17, 15) is 9.18 Å². The van der Waals surface area contributed by atoms with Crippen molar-refractivity contribution in [2.45, 2.75) is 25.9 Å². The van der Waals surface area contributed by atoms with E-state index in [2.05, 4.69) is 16.7 Å².